The van der Waals surface area contributed by atoms with E-state index in [4.69, 9.17) is 14.2 Å². The van der Waals surface area contributed by atoms with Gasteiger partial charge in [0.15, 0.2) is 5.82 Å². The molecule has 6 heteroatoms. The fourth-order valence-corrected chi connectivity index (χ4v) is 2.83. The first-order valence-corrected chi connectivity index (χ1v) is 7.04. The summed E-state index contributed by atoms with van der Waals surface area (Å²) in [5, 5.41) is 0. The molecule has 1 aromatic rings. The number of ether oxygens (including phenoxy) is 3. The molecule has 1 saturated carbocycles. The zero-order chi connectivity index (χ0) is 14.0. The number of methoxy groups -OCH3 is 2. The molecule has 0 radical (unpaired) electrons. The van der Waals surface area contributed by atoms with Gasteiger partial charge in [0.2, 0.25) is 5.88 Å². The molecule has 20 heavy (non-hydrogen) atoms. The van der Waals surface area contributed by atoms with Gasteiger partial charge in [-0.1, -0.05) is 0 Å². The van der Waals surface area contributed by atoms with Crippen molar-refractivity contribution in [3.8, 4) is 5.88 Å². The average molecular weight is 279 g/mol. The van der Waals surface area contributed by atoms with Crippen molar-refractivity contribution < 1.29 is 14.2 Å². The lowest BCUT2D eigenvalue weighted by Crippen LogP contribution is -2.56. The third-order valence-corrected chi connectivity index (χ3v) is 4.06. The highest BCUT2D eigenvalue weighted by Gasteiger charge is 2.42. The maximum atomic E-state index is 5.95. The van der Waals surface area contributed by atoms with Gasteiger partial charge >= 0.3 is 0 Å². The van der Waals surface area contributed by atoms with E-state index in [1.165, 1.54) is 6.42 Å². The second-order valence-corrected chi connectivity index (χ2v) is 5.42. The van der Waals surface area contributed by atoms with Crippen LogP contribution in [-0.2, 0) is 16.1 Å². The number of morpholine rings is 1. The quantitative estimate of drug-likeness (QED) is 0.830. The van der Waals surface area contributed by atoms with Gasteiger partial charge < -0.3 is 19.1 Å². The molecule has 2 heterocycles. The molecule has 2 fully saturated rings. The number of anilines is 1. The Balaban J connectivity index is 1.82. The number of aromatic nitrogens is 2. The molecule has 0 bridgehead atoms. The number of hydrogen-bond donors (Lipinski definition) is 0. The molecule has 1 aliphatic carbocycles. The molecule has 110 valence electrons. The number of nitrogens with zero attached hydrogens (tertiary/aromatic N) is 3. The van der Waals surface area contributed by atoms with Gasteiger partial charge in [0.1, 0.15) is 12.4 Å². The highest BCUT2D eigenvalue weighted by atomic mass is 16.5. The van der Waals surface area contributed by atoms with Gasteiger partial charge in [-0.05, 0) is 19.3 Å². The zero-order valence-electron chi connectivity index (χ0n) is 12.1. The van der Waals surface area contributed by atoms with E-state index in [1.807, 2.05) is 6.07 Å². The van der Waals surface area contributed by atoms with Crippen molar-refractivity contribution in [2.24, 2.45) is 0 Å². The maximum absolute atomic E-state index is 5.95. The Morgan fingerprint density at radius 1 is 1.35 bits per heavy atom. The summed E-state index contributed by atoms with van der Waals surface area (Å²) in [4.78, 5) is 11.1. The van der Waals surface area contributed by atoms with Gasteiger partial charge in [0.25, 0.3) is 0 Å². The minimum absolute atomic E-state index is 0.0534. The Hall–Kier alpha value is -1.40. The van der Waals surface area contributed by atoms with Crippen molar-refractivity contribution in [3.63, 3.8) is 0 Å². The summed E-state index contributed by atoms with van der Waals surface area (Å²) < 4.78 is 16.3. The Morgan fingerprint density at radius 3 is 2.85 bits per heavy atom. The Morgan fingerprint density at radius 2 is 2.20 bits per heavy atom. The predicted molar refractivity (Wildman–Crippen MR) is 74.0 cm³/mol. The van der Waals surface area contributed by atoms with E-state index in [2.05, 4.69) is 14.9 Å². The van der Waals surface area contributed by atoms with Crippen LogP contribution in [0.2, 0.25) is 0 Å². The first kappa shape index (κ1) is 13.6. The molecule has 0 N–H and O–H groups in total. The van der Waals surface area contributed by atoms with Crippen LogP contribution in [0.5, 0.6) is 5.88 Å². The zero-order valence-corrected chi connectivity index (χ0v) is 12.1. The van der Waals surface area contributed by atoms with E-state index in [1.54, 1.807) is 14.2 Å². The van der Waals surface area contributed by atoms with Crippen LogP contribution in [0.4, 0.5) is 5.82 Å². The van der Waals surface area contributed by atoms with E-state index >= 15 is 0 Å². The summed E-state index contributed by atoms with van der Waals surface area (Å²) in [7, 11) is 3.26. The Kier molecular flexibility index (Phi) is 3.76. The fourth-order valence-electron chi connectivity index (χ4n) is 2.83. The monoisotopic (exact) mass is 279 g/mol. The van der Waals surface area contributed by atoms with Crippen molar-refractivity contribution in [1.82, 2.24) is 9.97 Å². The van der Waals surface area contributed by atoms with Crippen molar-refractivity contribution in [1.29, 1.82) is 0 Å². The summed E-state index contributed by atoms with van der Waals surface area (Å²) in [6.45, 7) is 2.90. The minimum Gasteiger partial charge on any atom is -0.481 e. The SMILES string of the molecule is COCc1nc(OC)cc(N2CCOC3(CCC3)C2)n1. The molecule has 0 amide bonds. The summed E-state index contributed by atoms with van der Waals surface area (Å²) in [5.41, 5.74) is 0.0534. The Labute approximate surface area is 119 Å². The molecule has 1 aromatic heterocycles. The lowest BCUT2D eigenvalue weighted by molar-refractivity contribution is -0.106. The van der Waals surface area contributed by atoms with Gasteiger partial charge in [-0.25, -0.2) is 4.98 Å². The van der Waals surface area contributed by atoms with Crippen LogP contribution in [0.1, 0.15) is 25.1 Å². The van der Waals surface area contributed by atoms with E-state index in [9.17, 15) is 0 Å². The molecule has 0 atom stereocenters. The second-order valence-electron chi connectivity index (χ2n) is 5.42. The van der Waals surface area contributed by atoms with Crippen molar-refractivity contribution in [3.05, 3.63) is 11.9 Å². The maximum Gasteiger partial charge on any atom is 0.218 e. The van der Waals surface area contributed by atoms with Crippen molar-refractivity contribution in [2.75, 3.05) is 38.8 Å². The molecule has 0 unspecified atom stereocenters. The van der Waals surface area contributed by atoms with E-state index in [-0.39, 0.29) is 5.60 Å². The molecule has 1 spiro atoms. The van der Waals surface area contributed by atoms with Crippen LogP contribution in [-0.4, -0.2) is 49.5 Å². The molecule has 2 aliphatic rings. The summed E-state index contributed by atoms with van der Waals surface area (Å²) in [6.07, 6.45) is 3.56. The van der Waals surface area contributed by atoms with Gasteiger partial charge in [-0.3, -0.25) is 0 Å². The minimum atomic E-state index is 0.0534. The highest BCUT2D eigenvalue weighted by molar-refractivity contribution is 5.43. The van der Waals surface area contributed by atoms with Crippen LogP contribution < -0.4 is 9.64 Å². The molecule has 3 rings (SSSR count). The third kappa shape index (κ3) is 2.58. The van der Waals surface area contributed by atoms with Crippen LogP contribution in [0.3, 0.4) is 0 Å². The molecule has 1 saturated heterocycles. The van der Waals surface area contributed by atoms with Crippen LogP contribution in [0.15, 0.2) is 6.07 Å². The molecular formula is C14H21N3O3. The van der Waals surface area contributed by atoms with Crippen molar-refractivity contribution in [2.45, 2.75) is 31.5 Å². The molecule has 6 nitrogen and oxygen atoms in total. The largest absolute Gasteiger partial charge is 0.481 e. The van der Waals surface area contributed by atoms with Gasteiger partial charge in [0.05, 0.1) is 19.3 Å². The standard InChI is InChI=1S/C14H21N3O3/c1-18-9-11-15-12(8-13(16-11)19-2)17-6-7-20-14(10-17)4-3-5-14/h8H,3-7,9-10H2,1-2H3. The first-order valence-electron chi connectivity index (χ1n) is 7.04. The van der Waals surface area contributed by atoms with Gasteiger partial charge in [0, 0.05) is 26.3 Å². The van der Waals surface area contributed by atoms with E-state index < -0.39 is 0 Å². The van der Waals surface area contributed by atoms with E-state index in [0.29, 0.717) is 18.3 Å². The van der Waals surface area contributed by atoms with E-state index in [0.717, 1.165) is 38.4 Å². The van der Waals surface area contributed by atoms with Gasteiger partial charge in [-0.15, -0.1) is 0 Å². The van der Waals surface area contributed by atoms with Crippen molar-refractivity contribution >= 4 is 5.82 Å². The van der Waals surface area contributed by atoms with Crippen LogP contribution in [0.25, 0.3) is 0 Å². The van der Waals surface area contributed by atoms with Crippen LogP contribution in [0, 0.1) is 0 Å². The third-order valence-electron chi connectivity index (χ3n) is 4.06. The topological polar surface area (TPSA) is 56.7 Å². The predicted octanol–water partition coefficient (Wildman–Crippen LogP) is 1.39. The normalized spacial score (nSPS) is 20.8. The molecule has 0 aromatic carbocycles. The van der Waals surface area contributed by atoms with Crippen LogP contribution >= 0.6 is 0 Å². The molecular weight excluding hydrogens is 258 g/mol. The summed E-state index contributed by atoms with van der Waals surface area (Å²) in [6, 6.07) is 1.89. The number of hydrogen-bond acceptors (Lipinski definition) is 6. The average Bonchev–Trinajstić information content (AvgIpc) is 2.46. The fraction of sp³-hybridized carbons (Fsp3) is 0.714. The first-order chi connectivity index (χ1) is 9.74. The summed E-state index contributed by atoms with van der Waals surface area (Å²) in [5.74, 6) is 2.13. The van der Waals surface area contributed by atoms with Gasteiger partial charge in [-0.2, -0.15) is 4.98 Å². The lowest BCUT2D eigenvalue weighted by Gasteiger charge is -2.48. The molecule has 1 aliphatic heterocycles. The lowest BCUT2D eigenvalue weighted by atomic mass is 9.79. The number of rotatable bonds is 4. The summed E-state index contributed by atoms with van der Waals surface area (Å²) >= 11 is 0. The smallest absolute Gasteiger partial charge is 0.218 e. The second kappa shape index (κ2) is 5.54. The Bertz CT molecular complexity index is 477. The highest BCUT2D eigenvalue weighted by Crippen LogP contribution is 2.39.